The maximum absolute atomic E-state index is 12.4. The zero-order valence-electron chi connectivity index (χ0n) is 5.13. The molecule has 0 unspecified atom stereocenters. The zero-order valence-corrected chi connectivity index (χ0v) is 5.13. The molecule has 2 aromatic rings. The normalized spacial score (nSPS) is 10.5. The van der Waals surface area contributed by atoms with Crippen molar-refractivity contribution in [1.29, 1.82) is 0 Å². The van der Waals surface area contributed by atoms with Gasteiger partial charge in [-0.3, -0.25) is 0 Å². The van der Waals surface area contributed by atoms with Crippen molar-refractivity contribution in [2.75, 3.05) is 0 Å². The lowest BCUT2D eigenvalue weighted by Gasteiger charge is -1.80. The van der Waals surface area contributed by atoms with Gasteiger partial charge >= 0.3 is 0 Å². The molecule has 0 saturated heterocycles. The Morgan fingerprint density at radius 3 is 2.90 bits per heavy atom. The van der Waals surface area contributed by atoms with Crippen molar-refractivity contribution in [3.63, 3.8) is 0 Å². The van der Waals surface area contributed by atoms with E-state index in [0.29, 0.717) is 5.52 Å². The number of nitrogens with one attached hydrogen (secondary N) is 1. The van der Waals surface area contributed by atoms with Gasteiger partial charge in [-0.25, -0.2) is 4.98 Å². The topological polar surface area (TPSA) is 28.7 Å². The molecule has 1 N–H and O–H groups in total. The number of fused-ring (bicyclic) bond motifs is 1. The molecule has 10 heavy (non-hydrogen) atoms. The summed E-state index contributed by atoms with van der Waals surface area (Å²) in [6.45, 7) is 0. The van der Waals surface area contributed by atoms with Crippen LogP contribution in [0.4, 0.5) is 4.39 Å². The Balaban J connectivity index is 2.88. The lowest BCUT2D eigenvalue weighted by molar-refractivity contribution is 0.556. The first-order chi connectivity index (χ1) is 4.86. The fraction of sp³-hybridized carbons (Fsp3) is 0. The summed E-state index contributed by atoms with van der Waals surface area (Å²) in [5.74, 6) is 0. The molecular formula is C7H5FN2. The number of H-pyrrole nitrogens is 1. The Morgan fingerprint density at radius 1 is 1.30 bits per heavy atom. The van der Waals surface area contributed by atoms with Crippen LogP contribution in [0.1, 0.15) is 0 Å². The van der Waals surface area contributed by atoms with Gasteiger partial charge in [-0.1, -0.05) is 12.1 Å². The van der Waals surface area contributed by atoms with Crippen molar-refractivity contribution in [3.8, 4) is 0 Å². The van der Waals surface area contributed by atoms with Crippen LogP contribution in [0.15, 0.2) is 24.3 Å². The van der Waals surface area contributed by atoms with Crippen molar-refractivity contribution < 1.29 is 4.39 Å². The first-order valence-electron chi connectivity index (χ1n) is 2.96. The number of halogens is 1. The third kappa shape index (κ3) is 0.673. The molecule has 3 heteroatoms. The Hall–Kier alpha value is -1.38. The van der Waals surface area contributed by atoms with Crippen molar-refractivity contribution in [1.82, 2.24) is 9.97 Å². The quantitative estimate of drug-likeness (QED) is 0.586. The highest BCUT2D eigenvalue weighted by molar-refractivity contribution is 5.73. The van der Waals surface area contributed by atoms with Gasteiger partial charge in [-0.2, -0.15) is 4.39 Å². The van der Waals surface area contributed by atoms with E-state index in [1.54, 1.807) is 12.1 Å². The minimum atomic E-state index is -0.527. The van der Waals surface area contributed by atoms with Crippen molar-refractivity contribution in [2.45, 2.75) is 0 Å². The monoisotopic (exact) mass is 136 g/mol. The van der Waals surface area contributed by atoms with Crippen LogP contribution in [0, 0.1) is 6.08 Å². The van der Waals surface area contributed by atoms with E-state index in [4.69, 9.17) is 0 Å². The summed E-state index contributed by atoms with van der Waals surface area (Å²) >= 11 is 0. The van der Waals surface area contributed by atoms with Crippen molar-refractivity contribution in [3.05, 3.63) is 30.3 Å². The number of nitrogens with zero attached hydrogens (tertiary/aromatic N) is 1. The molecule has 0 atom stereocenters. The molecule has 2 rings (SSSR count). The third-order valence-electron chi connectivity index (χ3n) is 1.36. The second-order valence-electron chi connectivity index (χ2n) is 2.04. The lowest BCUT2D eigenvalue weighted by Crippen LogP contribution is -1.69. The predicted octanol–water partition coefficient (Wildman–Crippen LogP) is 1.70. The fourth-order valence-corrected chi connectivity index (χ4v) is 0.922. The number of hydrogen-bond acceptors (Lipinski definition) is 1. The highest BCUT2D eigenvalue weighted by Gasteiger charge is 1.97. The number of aromatic amines is 1. The van der Waals surface area contributed by atoms with Gasteiger partial charge in [0.05, 0.1) is 11.0 Å². The number of benzene rings is 1. The molecule has 2 nitrogen and oxygen atoms in total. The molecule has 0 bridgehead atoms. The highest BCUT2D eigenvalue weighted by atomic mass is 19.1. The largest absolute Gasteiger partial charge is 0.314 e. The molecule has 1 aromatic carbocycles. The average molecular weight is 136 g/mol. The molecule has 0 aliphatic heterocycles. The number of hydrogen-bond donors (Lipinski definition) is 1. The Kier molecular flexibility index (Phi) is 0.974. The Labute approximate surface area is 56.7 Å². The number of rotatable bonds is 0. The number of para-hydroxylation sites is 2. The fourth-order valence-electron chi connectivity index (χ4n) is 0.922. The van der Waals surface area contributed by atoms with Crippen molar-refractivity contribution >= 4 is 11.0 Å². The highest BCUT2D eigenvalue weighted by Crippen LogP contribution is 2.08. The van der Waals surface area contributed by atoms with E-state index in [-0.39, 0.29) is 0 Å². The van der Waals surface area contributed by atoms with Crippen LogP contribution in [0.25, 0.3) is 11.0 Å². The molecule has 1 aromatic heterocycles. The molecule has 0 spiro atoms. The lowest BCUT2D eigenvalue weighted by atomic mass is 10.3. The van der Waals surface area contributed by atoms with Crippen LogP contribution in [0.3, 0.4) is 0 Å². The van der Waals surface area contributed by atoms with E-state index < -0.39 is 6.08 Å². The average Bonchev–Trinajstić information content (AvgIpc) is 2.27. The molecule has 0 aliphatic rings. The zero-order chi connectivity index (χ0) is 6.97. The summed E-state index contributed by atoms with van der Waals surface area (Å²) in [6, 6.07) is 7.20. The smallest absolute Gasteiger partial charge is 0.287 e. The first-order valence-corrected chi connectivity index (χ1v) is 2.96. The Morgan fingerprint density at radius 2 is 2.10 bits per heavy atom. The van der Waals surface area contributed by atoms with Gasteiger partial charge in [0, 0.05) is 0 Å². The van der Waals surface area contributed by atoms with E-state index in [1.165, 1.54) is 0 Å². The molecule has 0 aliphatic carbocycles. The summed E-state index contributed by atoms with van der Waals surface area (Å²) in [5, 5.41) is 0. The van der Waals surface area contributed by atoms with E-state index in [9.17, 15) is 4.39 Å². The summed E-state index contributed by atoms with van der Waals surface area (Å²) in [5.41, 5.74) is 1.40. The molecule has 50 valence electrons. The molecule has 0 amide bonds. The number of imidazole rings is 1. The van der Waals surface area contributed by atoms with Gasteiger partial charge in [0.15, 0.2) is 0 Å². The molecule has 0 saturated carbocycles. The second kappa shape index (κ2) is 1.80. The van der Waals surface area contributed by atoms with Gasteiger partial charge < -0.3 is 4.98 Å². The third-order valence-corrected chi connectivity index (χ3v) is 1.36. The van der Waals surface area contributed by atoms with Crippen LogP contribution in [-0.4, -0.2) is 9.97 Å². The summed E-state index contributed by atoms with van der Waals surface area (Å²) in [7, 11) is 0. The van der Waals surface area contributed by atoms with Crippen LogP contribution in [-0.2, 0) is 0 Å². The van der Waals surface area contributed by atoms with Gasteiger partial charge in [-0.15, -0.1) is 0 Å². The SMILES string of the molecule is Fc1nc2ccccc2[nH]1. The van der Waals surface area contributed by atoms with E-state index in [0.717, 1.165) is 5.52 Å². The van der Waals surface area contributed by atoms with Crippen molar-refractivity contribution in [2.24, 2.45) is 0 Å². The van der Waals surface area contributed by atoms with Crippen LogP contribution in [0.5, 0.6) is 0 Å². The maximum atomic E-state index is 12.4. The summed E-state index contributed by atoms with van der Waals surface area (Å²) < 4.78 is 12.4. The standard InChI is InChI=1S/C7H5FN2/c8-7-9-5-3-1-2-4-6(5)10-7/h1-4H,(H,9,10). The molecular weight excluding hydrogens is 131 g/mol. The molecule has 0 fully saturated rings. The maximum Gasteiger partial charge on any atom is 0.287 e. The minimum Gasteiger partial charge on any atom is -0.314 e. The van der Waals surface area contributed by atoms with E-state index in [1.807, 2.05) is 12.1 Å². The minimum absolute atomic E-state index is 0.527. The van der Waals surface area contributed by atoms with E-state index in [2.05, 4.69) is 9.97 Å². The first kappa shape index (κ1) is 5.41. The summed E-state index contributed by atoms with van der Waals surface area (Å²) in [6.07, 6.45) is -0.527. The Bertz CT molecular complexity index is 320. The molecule has 0 radical (unpaired) electrons. The van der Waals surface area contributed by atoms with Crippen LogP contribution >= 0.6 is 0 Å². The predicted molar refractivity (Wildman–Crippen MR) is 36.1 cm³/mol. The van der Waals surface area contributed by atoms with Gasteiger partial charge in [0.2, 0.25) is 0 Å². The number of aromatic nitrogens is 2. The van der Waals surface area contributed by atoms with Gasteiger partial charge in [0.25, 0.3) is 6.08 Å². The summed E-state index contributed by atoms with van der Waals surface area (Å²) in [4.78, 5) is 6.07. The molecule has 1 heterocycles. The van der Waals surface area contributed by atoms with Crippen LogP contribution < -0.4 is 0 Å². The van der Waals surface area contributed by atoms with Gasteiger partial charge in [-0.05, 0) is 12.1 Å². The van der Waals surface area contributed by atoms with E-state index >= 15 is 0 Å². The van der Waals surface area contributed by atoms with Crippen LogP contribution in [0.2, 0.25) is 0 Å². The van der Waals surface area contributed by atoms with Gasteiger partial charge in [0.1, 0.15) is 0 Å². The second-order valence-corrected chi connectivity index (χ2v) is 2.04.